The van der Waals surface area contributed by atoms with Gasteiger partial charge in [0.25, 0.3) is 5.91 Å². The second-order valence-corrected chi connectivity index (χ2v) is 7.97. The van der Waals surface area contributed by atoms with Gasteiger partial charge in [-0.15, -0.1) is 0 Å². The van der Waals surface area contributed by atoms with Crippen molar-refractivity contribution in [1.29, 1.82) is 0 Å². The van der Waals surface area contributed by atoms with Crippen LogP contribution in [0.1, 0.15) is 38.4 Å². The fourth-order valence-electron chi connectivity index (χ4n) is 3.75. The van der Waals surface area contributed by atoms with Gasteiger partial charge < -0.3 is 15.4 Å². The van der Waals surface area contributed by atoms with Crippen LogP contribution in [0.4, 0.5) is 5.69 Å². The molecule has 1 aromatic heterocycles. The number of ether oxygens (including phenoxy) is 1. The van der Waals surface area contributed by atoms with E-state index >= 15 is 0 Å². The smallest absolute Gasteiger partial charge is 0.342 e. The van der Waals surface area contributed by atoms with Gasteiger partial charge in [-0.2, -0.15) is 5.10 Å². The van der Waals surface area contributed by atoms with Crippen LogP contribution >= 0.6 is 0 Å². The van der Waals surface area contributed by atoms with Gasteiger partial charge in [0.15, 0.2) is 6.61 Å². The minimum Gasteiger partial charge on any atom is -0.452 e. The van der Waals surface area contributed by atoms with Gasteiger partial charge in [0.2, 0.25) is 5.91 Å². The second-order valence-electron chi connectivity index (χ2n) is 7.97. The van der Waals surface area contributed by atoms with Crippen molar-refractivity contribution in [3.63, 3.8) is 0 Å². The number of nitrogens with one attached hydrogen (secondary N) is 2. The number of aryl methyl sites for hydroxylation is 4. The fraction of sp³-hybridized carbons (Fsp3) is 0.280. The molecule has 1 heterocycles. The molecular weight excluding hydrogens is 420 g/mol. The molecule has 2 aromatic carbocycles. The average molecular weight is 449 g/mol. The Morgan fingerprint density at radius 2 is 1.58 bits per heavy atom. The molecule has 0 unspecified atom stereocenters. The highest BCUT2D eigenvalue weighted by atomic mass is 16.5. The summed E-state index contributed by atoms with van der Waals surface area (Å²) in [4.78, 5) is 37.0. The van der Waals surface area contributed by atoms with Crippen LogP contribution < -0.4 is 10.6 Å². The van der Waals surface area contributed by atoms with Crippen LogP contribution in [-0.2, 0) is 14.3 Å². The molecule has 3 rings (SSSR count). The van der Waals surface area contributed by atoms with Crippen LogP contribution in [0.25, 0.3) is 5.69 Å². The van der Waals surface area contributed by atoms with Gasteiger partial charge in [-0.05, 0) is 57.9 Å². The lowest BCUT2D eigenvalue weighted by molar-refractivity contribution is -0.126. The highest BCUT2D eigenvalue weighted by molar-refractivity contribution is 5.97. The molecule has 2 amide bonds. The predicted molar refractivity (Wildman–Crippen MR) is 126 cm³/mol. The molecule has 0 fully saturated rings. The van der Waals surface area contributed by atoms with Gasteiger partial charge in [-0.3, -0.25) is 9.59 Å². The molecule has 172 valence electrons. The molecule has 8 nitrogen and oxygen atoms in total. The van der Waals surface area contributed by atoms with Gasteiger partial charge in [-0.1, -0.05) is 35.9 Å². The van der Waals surface area contributed by atoms with E-state index in [0.717, 1.165) is 28.1 Å². The highest BCUT2D eigenvalue weighted by Gasteiger charge is 2.21. The predicted octanol–water partition coefficient (Wildman–Crippen LogP) is 3.33. The summed E-state index contributed by atoms with van der Waals surface area (Å²) in [6.45, 7) is 8.57. The van der Waals surface area contributed by atoms with E-state index in [4.69, 9.17) is 4.74 Å². The van der Waals surface area contributed by atoms with E-state index < -0.39 is 18.5 Å². The standard InChI is InChI=1S/C25H28N4O4/c1-15-11-16(2)24(17(3)12-15)27-21(30)13-26-22(31)14-33-25(32)23-18(4)28-29(19(23)5)20-9-7-6-8-10-20/h6-12H,13-14H2,1-5H3,(H,26,31)(H,27,30). The molecular formula is C25H28N4O4. The lowest BCUT2D eigenvalue weighted by Crippen LogP contribution is -2.35. The molecule has 33 heavy (non-hydrogen) atoms. The number of amides is 2. The number of nitrogens with zero attached hydrogens (tertiary/aromatic N) is 2. The number of carbonyl (C=O) groups is 3. The molecule has 0 aliphatic heterocycles. The lowest BCUT2D eigenvalue weighted by atomic mass is 10.1. The Morgan fingerprint density at radius 3 is 2.21 bits per heavy atom. The Morgan fingerprint density at radius 1 is 0.939 bits per heavy atom. The van der Waals surface area contributed by atoms with Gasteiger partial charge in [0.05, 0.1) is 23.6 Å². The third kappa shape index (κ3) is 5.65. The van der Waals surface area contributed by atoms with Crippen LogP contribution in [0, 0.1) is 34.6 Å². The maximum Gasteiger partial charge on any atom is 0.342 e. The number of anilines is 1. The van der Waals surface area contributed by atoms with E-state index in [9.17, 15) is 14.4 Å². The molecule has 0 bridgehead atoms. The first kappa shape index (κ1) is 23.7. The maximum absolute atomic E-state index is 12.6. The summed E-state index contributed by atoms with van der Waals surface area (Å²) in [5.41, 5.74) is 5.99. The van der Waals surface area contributed by atoms with Crippen molar-refractivity contribution in [2.75, 3.05) is 18.5 Å². The fourth-order valence-corrected chi connectivity index (χ4v) is 3.75. The quantitative estimate of drug-likeness (QED) is 0.540. The number of esters is 1. The van der Waals surface area contributed by atoms with Crippen LogP contribution in [0.5, 0.6) is 0 Å². The van der Waals surface area contributed by atoms with Crippen molar-refractivity contribution >= 4 is 23.5 Å². The number of benzene rings is 2. The molecule has 0 aliphatic carbocycles. The number of rotatable bonds is 7. The lowest BCUT2D eigenvalue weighted by Gasteiger charge is -2.13. The number of hydrogen-bond donors (Lipinski definition) is 2. The van der Waals surface area contributed by atoms with Gasteiger partial charge >= 0.3 is 5.97 Å². The third-order valence-electron chi connectivity index (χ3n) is 5.22. The molecule has 0 aliphatic rings. The molecule has 0 spiro atoms. The first-order valence-corrected chi connectivity index (χ1v) is 10.6. The van der Waals surface area contributed by atoms with E-state index in [0.29, 0.717) is 17.0 Å². The molecule has 0 atom stereocenters. The van der Waals surface area contributed by atoms with E-state index in [1.54, 1.807) is 18.5 Å². The van der Waals surface area contributed by atoms with Crippen molar-refractivity contribution in [3.8, 4) is 5.69 Å². The van der Waals surface area contributed by atoms with Crippen molar-refractivity contribution in [2.45, 2.75) is 34.6 Å². The van der Waals surface area contributed by atoms with Crippen molar-refractivity contribution in [3.05, 3.63) is 76.1 Å². The molecule has 0 saturated carbocycles. The van der Waals surface area contributed by atoms with Gasteiger partial charge in [0, 0.05) is 5.69 Å². The summed E-state index contributed by atoms with van der Waals surface area (Å²) in [6, 6.07) is 13.4. The topological polar surface area (TPSA) is 102 Å². The second kappa shape index (κ2) is 10.1. The summed E-state index contributed by atoms with van der Waals surface area (Å²) in [5, 5.41) is 9.69. The van der Waals surface area contributed by atoms with Crippen LogP contribution in [-0.4, -0.2) is 40.7 Å². The van der Waals surface area contributed by atoms with E-state index in [1.807, 2.05) is 63.2 Å². The zero-order valence-electron chi connectivity index (χ0n) is 19.5. The summed E-state index contributed by atoms with van der Waals surface area (Å²) in [7, 11) is 0. The molecule has 2 N–H and O–H groups in total. The Balaban J connectivity index is 1.54. The largest absolute Gasteiger partial charge is 0.452 e. The van der Waals surface area contributed by atoms with Gasteiger partial charge in [0.1, 0.15) is 5.56 Å². The Hall–Kier alpha value is -3.94. The number of hydrogen-bond acceptors (Lipinski definition) is 5. The Labute approximate surface area is 193 Å². The van der Waals surface area contributed by atoms with Crippen molar-refractivity contribution in [2.24, 2.45) is 0 Å². The van der Waals surface area contributed by atoms with Gasteiger partial charge in [-0.25, -0.2) is 9.48 Å². The monoisotopic (exact) mass is 448 g/mol. The number of para-hydroxylation sites is 1. The first-order valence-electron chi connectivity index (χ1n) is 10.6. The SMILES string of the molecule is Cc1cc(C)c(NC(=O)CNC(=O)COC(=O)c2c(C)nn(-c3ccccc3)c2C)c(C)c1. The summed E-state index contributed by atoms with van der Waals surface area (Å²) < 4.78 is 6.82. The first-order chi connectivity index (χ1) is 15.7. The number of aromatic nitrogens is 2. The Kier molecular flexibility index (Phi) is 7.27. The minimum atomic E-state index is -0.641. The van der Waals surface area contributed by atoms with E-state index in [-0.39, 0.29) is 12.5 Å². The zero-order chi connectivity index (χ0) is 24.1. The molecule has 8 heteroatoms. The Bertz CT molecular complexity index is 1180. The normalized spacial score (nSPS) is 10.6. The maximum atomic E-state index is 12.6. The van der Waals surface area contributed by atoms with Crippen LogP contribution in [0.15, 0.2) is 42.5 Å². The van der Waals surface area contributed by atoms with E-state index in [2.05, 4.69) is 15.7 Å². The van der Waals surface area contributed by atoms with Crippen molar-refractivity contribution in [1.82, 2.24) is 15.1 Å². The molecule has 0 saturated heterocycles. The number of carbonyl (C=O) groups excluding carboxylic acids is 3. The van der Waals surface area contributed by atoms with Crippen LogP contribution in [0.2, 0.25) is 0 Å². The highest BCUT2D eigenvalue weighted by Crippen LogP contribution is 2.22. The average Bonchev–Trinajstić information content (AvgIpc) is 3.07. The summed E-state index contributed by atoms with van der Waals surface area (Å²) in [5.74, 6) is -1.57. The summed E-state index contributed by atoms with van der Waals surface area (Å²) in [6.07, 6.45) is 0. The molecule has 3 aromatic rings. The third-order valence-corrected chi connectivity index (χ3v) is 5.22. The zero-order valence-corrected chi connectivity index (χ0v) is 19.5. The van der Waals surface area contributed by atoms with E-state index in [1.165, 1.54) is 0 Å². The summed E-state index contributed by atoms with van der Waals surface area (Å²) >= 11 is 0. The van der Waals surface area contributed by atoms with Crippen molar-refractivity contribution < 1.29 is 19.1 Å². The van der Waals surface area contributed by atoms with Crippen LogP contribution in [0.3, 0.4) is 0 Å². The minimum absolute atomic E-state index is 0.229. The molecule has 0 radical (unpaired) electrons.